The Morgan fingerprint density at radius 2 is 1.42 bits per heavy atom. The molecule has 1 saturated heterocycles. The van der Waals surface area contributed by atoms with Gasteiger partial charge < -0.3 is 24.7 Å². The van der Waals surface area contributed by atoms with E-state index in [1.54, 1.807) is 97.9 Å². The Morgan fingerprint density at radius 3 is 2.02 bits per heavy atom. The van der Waals surface area contributed by atoms with Crippen molar-refractivity contribution in [2.45, 2.75) is 31.0 Å². The number of rotatable bonds is 8. The topological polar surface area (TPSA) is 158 Å². The number of nitrogens with zero attached hydrogens (tertiary/aromatic N) is 4. The van der Waals surface area contributed by atoms with Crippen molar-refractivity contribution in [3.63, 3.8) is 0 Å². The number of nitrogen functional groups attached to an aromatic ring is 1. The Morgan fingerprint density at radius 1 is 0.867 bits per heavy atom. The molecule has 3 heterocycles. The lowest BCUT2D eigenvalue weighted by atomic mass is 9.95. The number of halogens is 1. The van der Waals surface area contributed by atoms with Crippen molar-refractivity contribution < 1.29 is 33.3 Å². The molecule has 13 heteroatoms. The number of nitrogens with two attached hydrogens (primary N) is 1. The summed E-state index contributed by atoms with van der Waals surface area (Å²) in [5, 5.41) is -0.00220. The molecule has 1 aliphatic heterocycles. The zero-order valence-corrected chi connectivity index (χ0v) is 24.5. The summed E-state index contributed by atoms with van der Waals surface area (Å²) in [6.45, 7) is 1.19. The van der Waals surface area contributed by atoms with E-state index in [9.17, 15) is 14.4 Å². The van der Waals surface area contributed by atoms with Gasteiger partial charge in [0.1, 0.15) is 18.2 Å². The van der Waals surface area contributed by atoms with Crippen LogP contribution >= 0.6 is 11.6 Å². The van der Waals surface area contributed by atoms with Gasteiger partial charge in [-0.2, -0.15) is 9.97 Å². The molecule has 2 N–H and O–H groups in total. The van der Waals surface area contributed by atoms with Gasteiger partial charge in [-0.15, -0.1) is 0 Å². The summed E-state index contributed by atoms with van der Waals surface area (Å²) in [5.74, 6) is -2.18. The second-order valence-electron chi connectivity index (χ2n) is 10.3. The molecule has 0 amide bonds. The molecule has 1 aliphatic rings. The number of aromatic nitrogens is 4. The Hall–Kier alpha value is -5.33. The number of benzene rings is 3. The van der Waals surface area contributed by atoms with Gasteiger partial charge in [0.2, 0.25) is 5.95 Å². The third-order valence-corrected chi connectivity index (χ3v) is 7.56. The zero-order valence-electron chi connectivity index (χ0n) is 23.8. The van der Waals surface area contributed by atoms with Crippen LogP contribution in [0, 0.1) is 0 Å². The highest BCUT2D eigenvalue weighted by molar-refractivity contribution is 6.33. The van der Waals surface area contributed by atoms with Gasteiger partial charge in [-0.1, -0.05) is 66.2 Å². The highest BCUT2D eigenvalue weighted by Crippen LogP contribution is 2.45. The number of anilines is 1. The number of carbonyl (C=O) groups excluding carboxylic acids is 3. The average molecular weight is 628 g/mol. The first kappa shape index (κ1) is 29.7. The summed E-state index contributed by atoms with van der Waals surface area (Å²) >= 11 is 6.29. The van der Waals surface area contributed by atoms with Crippen LogP contribution in [0.4, 0.5) is 5.95 Å². The van der Waals surface area contributed by atoms with Crippen LogP contribution in [0.2, 0.25) is 5.15 Å². The molecule has 4 atom stereocenters. The molecule has 0 spiro atoms. The fraction of sp³-hybridized carbons (Fsp3) is 0.188. The Balaban J connectivity index is 1.43. The van der Waals surface area contributed by atoms with E-state index < -0.39 is 41.9 Å². The van der Waals surface area contributed by atoms with E-state index in [2.05, 4.69) is 15.0 Å². The molecule has 5 aromatic rings. The molecule has 4 unspecified atom stereocenters. The van der Waals surface area contributed by atoms with Gasteiger partial charge in [0.05, 0.1) is 23.0 Å². The third-order valence-electron chi connectivity index (χ3n) is 7.30. The van der Waals surface area contributed by atoms with E-state index in [1.165, 1.54) is 10.9 Å². The number of hydrogen-bond donors (Lipinski definition) is 1. The molecule has 3 aromatic carbocycles. The summed E-state index contributed by atoms with van der Waals surface area (Å²) in [6.07, 6.45) is -2.25. The Labute approximate surface area is 261 Å². The van der Waals surface area contributed by atoms with Gasteiger partial charge >= 0.3 is 17.9 Å². The maximum absolute atomic E-state index is 13.6. The molecule has 0 aliphatic carbocycles. The summed E-state index contributed by atoms with van der Waals surface area (Å²) in [5.41, 5.74) is 5.35. The zero-order chi connectivity index (χ0) is 31.6. The van der Waals surface area contributed by atoms with Gasteiger partial charge in [0.25, 0.3) is 0 Å². The first-order valence-electron chi connectivity index (χ1n) is 13.8. The molecule has 0 saturated carbocycles. The SMILES string of the molecule is CC1(OC(=O)c2ccccc2)C(OC(=O)c2ccccc2)C(COC(=O)c2ccccc2)OC1n1cnc2c(Cl)nc(N)nc21. The van der Waals surface area contributed by atoms with Crippen LogP contribution in [0.5, 0.6) is 0 Å². The molecule has 45 heavy (non-hydrogen) atoms. The first-order chi connectivity index (χ1) is 21.7. The smallest absolute Gasteiger partial charge is 0.338 e. The highest BCUT2D eigenvalue weighted by atomic mass is 35.5. The molecule has 2 aromatic heterocycles. The molecular formula is C32H26ClN5O7. The lowest BCUT2D eigenvalue weighted by Gasteiger charge is -2.34. The predicted octanol–water partition coefficient (Wildman–Crippen LogP) is 4.66. The molecular weight excluding hydrogens is 602 g/mol. The quantitative estimate of drug-likeness (QED) is 0.145. The van der Waals surface area contributed by atoms with Crippen LogP contribution in [0.3, 0.4) is 0 Å². The van der Waals surface area contributed by atoms with Crippen LogP contribution < -0.4 is 5.73 Å². The van der Waals surface area contributed by atoms with Gasteiger partial charge in [0, 0.05) is 0 Å². The maximum Gasteiger partial charge on any atom is 0.338 e. The van der Waals surface area contributed by atoms with Gasteiger partial charge in [0.15, 0.2) is 28.7 Å². The largest absolute Gasteiger partial charge is 0.459 e. The molecule has 6 rings (SSSR count). The van der Waals surface area contributed by atoms with Crippen molar-refractivity contribution >= 4 is 46.6 Å². The Kier molecular flexibility index (Phi) is 8.16. The number of ether oxygens (including phenoxy) is 4. The van der Waals surface area contributed by atoms with Crippen LogP contribution in [0.25, 0.3) is 11.2 Å². The van der Waals surface area contributed by atoms with E-state index in [4.69, 9.17) is 36.3 Å². The molecule has 1 fully saturated rings. The van der Waals surface area contributed by atoms with E-state index in [0.717, 1.165) is 0 Å². The second kappa shape index (κ2) is 12.3. The third kappa shape index (κ3) is 5.93. The highest BCUT2D eigenvalue weighted by Gasteiger charge is 2.60. The van der Waals surface area contributed by atoms with Crippen molar-refractivity contribution in [2.75, 3.05) is 12.3 Å². The number of esters is 3. The summed E-state index contributed by atoms with van der Waals surface area (Å²) < 4.78 is 25.7. The van der Waals surface area contributed by atoms with Crippen molar-refractivity contribution in [3.05, 3.63) is 119 Å². The number of imidazole rings is 1. The Bertz CT molecular complexity index is 1860. The standard InChI is InChI=1S/C32H26ClN5O7/c1-32(45-29(41)21-15-9-4-10-16-21)24(44-28(40)20-13-7-3-8-14-20)22(17-42-27(39)19-11-5-2-6-12-19)43-30(32)38-18-35-23-25(33)36-31(34)37-26(23)38/h2-16,18,22,24,30H,17H2,1H3,(H2,34,36,37). The van der Waals surface area contributed by atoms with E-state index in [1.807, 2.05) is 0 Å². The van der Waals surface area contributed by atoms with Crippen molar-refractivity contribution in [1.29, 1.82) is 0 Å². The molecule has 12 nitrogen and oxygen atoms in total. The molecule has 0 bridgehead atoms. The normalized spacial score (nSPS) is 20.9. The van der Waals surface area contributed by atoms with Crippen molar-refractivity contribution in [1.82, 2.24) is 19.5 Å². The van der Waals surface area contributed by atoms with E-state index >= 15 is 0 Å². The monoisotopic (exact) mass is 627 g/mol. The van der Waals surface area contributed by atoms with Crippen LogP contribution in [-0.2, 0) is 18.9 Å². The van der Waals surface area contributed by atoms with Crippen molar-refractivity contribution in [3.8, 4) is 0 Å². The average Bonchev–Trinajstić information content (AvgIpc) is 3.59. The van der Waals surface area contributed by atoms with Gasteiger partial charge in [-0.05, 0) is 43.3 Å². The summed E-state index contributed by atoms with van der Waals surface area (Å²) in [7, 11) is 0. The summed E-state index contributed by atoms with van der Waals surface area (Å²) in [4.78, 5) is 52.5. The van der Waals surface area contributed by atoms with Gasteiger partial charge in [-0.3, -0.25) is 4.57 Å². The lowest BCUT2D eigenvalue weighted by molar-refractivity contribution is -0.108. The van der Waals surface area contributed by atoms with Crippen molar-refractivity contribution in [2.24, 2.45) is 0 Å². The minimum Gasteiger partial charge on any atom is -0.459 e. The summed E-state index contributed by atoms with van der Waals surface area (Å²) in [6, 6.07) is 25.0. The van der Waals surface area contributed by atoms with E-state index in [0.29, 0.717) is 5.56 Å². The van der Waals surface area contributed by atoms with Crippen LogP contribution in [-0.4, -0.2) is 61.8 Å². The van der Waals surface area contributed by atoms with Crippen LogP contribution in [0.15, 0.2) is 97.3 Å². The van der Waals surface area contributed by atoms with Crippen LogP contribution in [0.1, 0.15) is 44.2 Å². The predicted molar refractivity (Wildman–Crippen MR) is 161 cm³/mol. The first-order valence-corrected chi connectivity index (χ1v) is 14.2. The fourth-order valence-corrected chi connectivity index (χ4v) is 5.35. The van der Waals surface area contributed by atoms with E-state index in [-0.39, 0.29) is 40.0 Å². The lowest BCUT2D eigenvalue weighted by Crippen LogP contribution is -2.50. The molecule has 228 valence electrons. The molecule has 0 radical (unpaired) electrons. The number of carbonyl (C=O) groups is 3. The van der Waals surface area contributed by atoms with Gasteiger partial charge in [-0.25, -0.2) is 19.4 Å². The minimum atomic E-state index is -1.74. The number of hydrogen-bond acceptors (Lipinski definition) is 11. The maximum atomic E-state index is 13.6. The number of fused-ring (bicyclic) bond motifs is 1. The fourth-order valence-electron chi connectivity index (χ4n) is 5.13. The second-order valence-corrected chi connectivity index (χ2v) is 10.7. The minimum absolute atomic E-state index is 0.00220.